The highest BCUT2D eigenvalue weighted by molar-refractivity contribution is 5.33. The highest BCUT2D eigenvalue weighted by atomic mass is 19.2. The summed E-state index contributed by atoms with van der Waals surface area (Å²) >= 11 is 0. The van der Waals surface area contributed by atoms with Gasteiger partial charge in [-0.1, -0.05) is 50.8 Å². The van der Waals surface area contributed by atoms with E-state index in [1.807, 2.05) is 19.1 Å². The monoisotopic (exact) mass is 446 g/mol. The molecule has 1 aliphatic rings. The minimum atomic E-state index is -0.854. The van der Waals surface area contributed by atoms with E-state index in [2.05, 4.69) is 6.92 Å². The van der Waals surface area contributed by atoms with E-state index in [4.69, 9.17) is 4.74 Å². The van der Waals surface area contributed by atoms with Crippen LogP contribution < -0.4 is 4.74 Å². The average Bonchev–Trinajstić information content (AvgIpc) is 2.79. The summed E-state index contributed by atoms with van der Waals surface area (Å²) in [6.45, 7) is 4.48. The van der Waals surface area contributed by atoms with E-state index in [0.29, 0.717) is 18.1 Å². The summed E-state index contributed by atoms with van der Waals surface area (Å²) in [7, 11) is 0. The van der Waals surface area contributed by atoms with Gasteiger partial charge in [0.15, 0.2) is 11.6 Å². The van der Waals surface area contributed by atoms with Crippen LogP contribution in [0.2, 0.25) is 0 Å². The second kappa shape index (κ2) is 12.3. The zero-order chi connectivity index (χ0) is 22.9. The molecule has 0 unspecified atom stereocenters. The van der Waals surface area contributed by atoms with Crippen molar-refractivity contribution in [1.29, 1.82) is 0 Å². The maximum atomic E-state index is 14.8. The quantitative estimate of drug-likeness (QED) is 0.314. The lowest BCUT2D eigenvalue weighted by atomic mass is 9.76. The molecular weight excluding hydrogens is 409 g/mol. The largest absolute Gasteiger partial charge is 0.490 e. The molecule has 0 saturated heterocycles. The van der Waals surface area contributed by atoms with Crippen LogP contribution in [-0.2, 0) is 6.42 Å². The Kier molecular flexibility index (Phi) is 9.50. The first-order chi connectivity index (χ1) is 15.5. The predicted molar refractivity (Wildman–Crippen MR) is 125 cm³/mol. The fourth-order valence-corrected chi connectivity index (χ4v) is 4.84. The van der Waals surface area contributed by atoms with Crippen molar-refractivity contribution in [3.8, 4) is 5.75 Å². The van der Waals surface area contributed by atoms with E-state index in [1.54, 1.807) is 18.2 Å². The normalized spacial score (nSPS) is 18.7. The van der Waals surface area contributed by atoms with Crippen molar-refractivity contribution in [2.75, 3.05) is 6.61 Å². The van der Waals surface area contributed by atoms with E-state index >= 15 is 0 Å². The summed E-state index contributed by atoms with van der Waals surface area (Å²) < 4.78 is 48.9. The smallest absolute Gasteiger partial charge is 0.200 e. The van der Waals surface area contributed by atoms with E-state index in [9.17, 15) is 13.2 Å². The van der Waals surface area contributed by atoms with E-state index in [0.717, 1.165) is 68.9 Å². The van der Waals surface area contributed by atoms with Gasteiger partial charge in [-0.15, -0.1) is 0 Å². The van der Waals surface area contributed by atoms with Crippen molar-refractivity contribution in [2.24, 2.45) is 5.92 Å². The molecule has 0 aliphatic heterocycles. The molecule has 2 aromatic rings. The Morgan fingerprint density at radius 2 is 1.62 bits per heavy atom. The first-order valence-electron chi connectivity index (χ1n) is 12.3. The highest BCUT2D eigenvalue weighted by Gasteiger charge is 2.26. The standard InChI is InChI=1S/C28H37F3O/c1-3-4-5-6-7-18-32-26-17-16-24(27(30)28(26)31)22-13-9-21(10-14-22)11-15-23-12-8-20(2)19-25(23)29/h8,12,16-17,19,21-22H,3-7,9-11,13-15,18H2,1-2H3. The van der Waals surface area contributed by atoms with Gasteiger partial charge in [-0.2, -0.15) is 4.39 Å². The Balaban J connectivity index is 1.47. The summed E-state index contributed by atoms with van der Waals surface area (Å²) in [5.41, 5.74) is 2.18. The van der Waals surface area contributed by atoms with Gasteiger partial charge in [-0.25, -0.2) is 8.78 Å². The lowest BCUT2D eigenvalue weighted by Gasteiger charge is -2.29. The Morgan fingerprint density at radius 3 is 2.34 bits per heavy atom. The number of ether oxygens (including phenoxy) is 1. The van der Waals surface area contributed by atoms with Crippen LogP contribution >= 0.6 is 0 Å². The minimum absolute atomic E-state index is 0.0237. The van der Waals surface area contributed by atoms with Crippen LogP contribution in [-0.4, -0.2) is 6.61 Å². The summed E-state index contributed by atoms with van der Waals surface area (Å²) in [5, 5.41) is 0. The van der Waals surface area contributed by atoms with Crippen molar-refractivity contribution in [3.63, 3.8) is 0 Å². The van der Waals surface area contributed by atoms with Gasteiger partial charge in [-0.05, 0) is 92.5 Å². The van der Waals surface area contributed by atoms with Gasteiger partial charge in [0.2, 0.25) is 5.82 Å². The van der Waals surface area contributed by atoms with Crippen LogP contribution in [0.3, 0.4) is 0 Å². The zero-order valence-corrected chi connectivity index (χ0v) is 19.6. The third kappa shape index (κ3) is 6.76. The number of hydrogen-bond donors (Lipinski definition) is 0. The first kappa shape index (κ1) is 24.7. The second-order valence-electron chi connectivity index (χ2n) is 9.39. The lowest BCUT2D eigenvalue weighted by molar-refractivity contribution is 0.280. The van der Waals surface area contributed by atoms with Gasteiger partial charge in [0, 0.05) is 0 Å². The molecule has 3 rings (SSSR count). The molecule has 0 heterocycles. The van der Waals surface area contributed by atoms with Gasteiger partial charge >= 0.3 is 0 Å². The summed E-state index contributed by atoms with van der Waals surface area (Å²) in [5.74, 6) is -1.16. The first-order valence-corrected chi connectivity index (χ1v) is 12.3. The van der Waals surface area contributed by atoms with Crippen LogP contribution in [0.5, 0.6) is 5.75 Å². The fraction of sp³-hybridized carbons (Fsp3) is 0.571. The topological polar surface area (TPSA) is 9.23 Å². The molecule has 176 valence electrons. The van der Waals surface area contributed by atoms with Gasteiger partial charge < -0.3 is 4.74 Å². The van der Waals surface area contributed by atoms with Crippen molar-refractivity contribution >= 4 is 0 Å². The Labute approximate surface area is 191 Å². The SMILES string of the molecule is CCCCCCCOc1ccc(C2CCC(CCc3ccc(C)cc3F)CC2)c(F)c1F. The van der Waals surface area contributed by atoms with Crippen LogP contribution in [0.25, 0.3) is 0 Å². The molecule has 0 spiro atoms. The highest BCUT2D eigenvalue weighted by Crippen LogP contribution is 2.40. The number of unbranched alkanes of at least 4 members (excludes halogenated alkanes) is 4. The Hall–Kier alpha value is -1.97. The number of rotatable bonds is 11. The average molecular weight is 447 g/mol. The summed E-state index contributed by atoms with van der Waals surface area (Å²) in [6.07, 6.45) is 10.7. The molecule has 1 nitrogen and oxygen atoms in total. The molecule has 0 atom stereocenters. The number of halogens is 3. The van der Waals surface area contributed by atoms with Crippen LogP contribution in [0.4, 0.5) is 13.2 Å². The summed E-state index contributed by atoms with van der Waals surface area (Å²) in [4.78, 5) is 0. The third-order valence-electron chi connectivity index (χ3n) is 6.90. The zero-order valence-electron chi connectivity index (χ0n) is 19.6. The maximum Gasteiger partial charge on any atom is 0.200 e. The van der Waals surface area contributed by atoms with Crippen molar-refractivity contribution < 1.29 is 17.9 Å². The van der Waals surface area contributed by atoms with E-state index < -0.39 is 11.6 Å². The van der Waals surface area contributed by atoms with E-state index in [-0.39, 0.29) is 17.5 Å². The molecule has 0 bridgehead atoms. The number of hydrogen-bond acceptors (Lipinski definition) is 1. The van der Waals surface area contributed by atoms with E-state index in [1.165, 1.54) is 12.8 Å². The molecule has 0 radical (unpaired) electrons. The molecular formula is C28H37F3O. The summed E-state index contributed by atoms with van der Waals surface area (Å²) in [6, 6.07) is 8.71. The molecule has 32 heavy (non-hydrogen) atoms. The second-order valence-corrected chi connectivity index (χ2v) is 9.39. The van der Waals surface area contributed by atoms with Crippen LogP contribution in [0.1, 0.15) is 93.7 Å². The lowest BCUT2D eigenvalue weighted by Crippen LogP contribution is -2.16. The molecule has 0 amide bonds. The van der Waals surface area contributed by atoms with Crippen molar-refractivity contribution in [2.45, 2.75) is 90.4 Å². The molecule has 4 heteroatoms. The molecule has 1 aliphatic carbocycles. The molecule has 1 saturated carbocycles. The third-order valence-corrected chi connectivity index (χ3v) is 6.90. The Morgan fingerprint density at radius 1 is 0.875 bits per heavy atom. The van der Waals surface area contributed by atoms with Gasteiger partial charge in [0.1, 0.15) is 5.82 Å². The molecule has 1 fully saturated rings. The molecule has 0 N–H and O–H groups in total. The number of aryl methyl sites for hydroxylation is 2. The minimum Gasteiger partial charge on any atom is -0.490 e. The predicted octanol–water partition coefficient (Wildman–Crippen LogP) is 8.67. The molecule has 2 aromatic carbocycles. The molecule has 0 aromatic heterocycles. The van der Waals surface area contributed by atoms with Gasteiger partial charge in [-0.3, -0.25) is 0 Å². The number of benzene rings is 2. The van der Waals surface area contributed by atoms with Gasteiger partial charge in [0.05, 0.1) is 6.61 Å². The van der Waals surface area contributed by atoms with Gasteiger partial charge in [0.25, 0.3) is 0 Å². The fourth-order valence-electron chi connectivity index (χ4n) is 4.84. The van der Waals surface area contributed by atoms with Crippen LogP contribution in [0.15, 0.2) is 30.3 Å². The van der Waals surface area contributed by atoms with Crippen molar-refractivity contribution in [1.82, 2.24) is 0 Å². The maximum absolute atomic E-state index is 14.8. The Bertz CT molecular complexity index is 856. The van der Waals surface area contributed by atoms with Crippen molar-refractivity contribution in [3.05, 3.63) is 64.5 Å². The van der Waals surface area contributed by atoms with Crippen LogP contribution in [0, 0.1) is 30.3 Å².